The summed E-state index contributed by atoms with van der Waals surface area (Å²) in [6.45, 7) is 0.926. The summed E-state index contributed by atoms with van der Waals surface area (Å²) in [5.74, 6) is 0.755. The van der Waals surface area contributed by atoms with Crippen LogP contribution in [0.15, 0.2) is 54.6 Å². The summed E-state index contributed by atoms with van der Waals surface area (Å²) in [6.07, 6.45) is 0.791. The molecule has 180 valence electrons. The van der Waals surface area contributed by atoms with Gasteiger partial charge in [0.25, 0.3) is 11.6 Å². The van der Waals surface area contributed by atoms with Gasteiger partial charge in [-0.1, -0.05) is 18.2 Å². The van der Waals surface area contributed by atoms with Gasteiger partial charge in [-0.05, 0) is 41.3 Å². The number of halogens is 1. The molecule has 0 saturated heterocycles. The smallest absolute Gasteiger partial charge is 0.270 e. The van der Waals surface area contributed by atoms with E-state index in [9.17, 15) is 14.9 Å². The first-order valence-corrected chi connectivity index (χ1v) is 11.9. The first-order chi connectivity index (χ1) is 17.0. The predicted octanol–water partition coefficient (Wildman–Crippen LogP) is 5.05. The molecule has 0 radical (unpaired) electrons. The zero-order valence-electron chi connectivity index (χ0n) is 18.8. The third-order valence-electron chi connectivity index (χ3n) is 6.22. The number of benzene rings is 3. The highest BCUT2D eigenvalue weighted by Crippen LogP contribution is 2.40. The predicted molar refractivity (Wildman–Crippen MR) is 138 cm³/mol. The van der Waals surface area contributed by atoms with Gasteiger partial charge in [0, 0.05) is 30.4 Å². The Bertz CT molecular complexity index is 1310. The van der Waals surface area contributed by atoms with Crippen LogP contribution in [0.25, 0.3) is 0 Å². The van der Waals surface area contributed by atoms with E-state index >= 15 is 0 Å². The molecule has 0 fully saturated rings. The number of methoxy groups -OCH3 is 1. The lowest BCUT2D eigenvalue weighted by molar-refractivity contribution is -0.385. The minimum absolute atomic E-state index is 0.0195. The molecule has 10 heteroatoms. The average molecular weight is 587 g/mol. The van der Waals surface area contributed by atoms with Crippen molar-refractivity contribution >= 4 is 46.0 Å². The van der Waals surface area contributed by atoms with Crippen LogP contribution in [0.3, 0.4) is 0 Å². The minimum Gasteiger partial charge on any atom is -0.493 e. The van der Waals surface area contributed by atoms with Crippen molar-refractivity contribution in [2.75, 3.05) is 23.9 Å². The Balaban J connectivity index is 1.44. The minimum atomic E-state index is -0.441. The van der Waals surface area contributed by atoms with E-state index in [2.05, 4.69) is 11.4 Å². The number of non-ortho nitro benzene ring substituents is 1. The average Bonchev–Trinajstić information content (AvgIpc) is 3.18. The lowest BCUT2D eigenvalue weighted by atomic mass is 10.1. The number of anilines is 2. The molecular weight excluding hydrogens is 565 g/mol. The van der Waals surface area contributed by atoms with Gasteiger partial charge in [0.1, 0.15) is 29.6 Å². The lowest BCUT2D eigenvalue weighted by Crippen LogP contribution is -2.39. The van der Waals surface area contributed by atoms with E-state index in [1.54, 1.807) is 41.2 Å². The van der Waals surface area contributed by atoms with Gasteiger partial charge < -0.3 is 22.8 Å². The number of hydrogen-bond acceptors (Lipinski definition) is 7. The van der Waals surface area contributed by atoms with Crippen LogP contribution in [0.1, 0.15) is 27.0 Å². The molecular formula is C25H22IN3O6. The number of nitro groups is 1. The van der Waals surface area contributed by atoms with E-state index in [0.717, 1.165) is 17.7 Å². The Morgan fingerprint density at radius 2 is 1.89 bits per heavy atom. The van der Waals surface area contributed by atoms with Crippen molar-refractivity contribution < 1.29 is 22.3 Å². The quantitative estimate of drug-likeness (QED) is 0.235. The maximum atomic E-state index is 13.6. The number of rotatable bonds is 7. The van der Waals surface area contributed by atoms with Gasteiger partial charge in [-0.15, -0.1) is 0 Å². The van der Waals surface area contributed by atoms with Crippen LogP contribution in [0.2, 0.25) is 0 Å². The van der Waals surface area contributed by atoms with Crippen LogP contribution in [0.4, 0.5) is 17.1 Å². The third-order valence-corrected chi connectivity index (χ3v) is 6.53. The van der Waals surface area contributed by atoms with Crippen molar-refractivity contribution in [3.05, 3.63) is 87.0 Å². The Morgan fingerprint density at radius 1 is 1.11 bits per heavy atom. The number of amides is 1. The van der Waals surface area contributed by atoms with Crippen molar-refractivity contribution in [1.29, 1.82) is 0 Å². The molecule has 2 heterocycles. The number of nitro benzene ring substituents is 1. The molecule has 0 unspecified atom stereocenters. The number of carbonyl (C=O) groups is 1. The van der Waals surface area contributed by atoms with Crippen molar-refractivity contribution in [2.24, 2.45) is 0 Å². The molecule has 0 spiro atoms. The lowest BCUT2D eigenvalue weighted by Gasteiger charge is -2.22. The molecule has 2 aliphatic heterocycles. The fourth-order valence-corrected chi connectivity index (χ4v) is 5.01. The number of nitrogens with zero attached hydrogens (tertiary/aromatic N) is 2. The topological polar surface area (TPSA) is 103 Å². The van der Waals surface area contributed by atoms with Gasteiger partial charge in [-0.2, -0.15) is 0 Å². The maximum absolute atomic E-state index is 13.6. The monoisotopic (exact) mass is 587 g/mol. The fraction of sp³-hybridized carbons (Fsp3) is 0.240. The number of ether oxygens (including phenoxy) is 2. The highest BCUT2D eigenvalue weighted by atomic mass is 127. The number of para-hydroxylation sites is 1. The molecule has 0 aromatic heterocycles. The van der Waals surface area contributed by atoms with Crippen molar-refractivity contribution in [3.63, 3.8) is 0 Å². The Hall–Kier alpha value is -3.38. The van der Waals surface area contributed by atoms with Crippen LogP contribution >= 0.6 is 23.0 Å². The third kappa shape index (κ3) is 4.50. The number of fused-ring (bicyclic) bond motifs is 4. The van der Waals surface area contributed by atoms with E-state index in [-0.39, 0.29) is 30.9 Å². The summed E-state index contributed by atoms with van der Waals surface area (Å²) in [7, 11) is 1.51. The molecule has 2 aliphatic rings. The summed E-state index contributed by atoms with van der Waals surface area (Å²) >= 11 is 1.75. The standard InChI is InChI=1S/C25H22IN3O6/c1-33-23-10-20-21(27-12-19-9-17-4-2-3-5-22(17)28(19)25(20)30)11-24(23)34-13-15-6-16(14-35-26)8-18(7-15)29(31)32/h2-8,10-11,19,27H,9,12-14H2,1H3/t19-/m0/s1. The second-order valence-electron chi connectivity index (χ2n) is 8.40. The molecule has 3 aromatic carbocycles. The van der Waals surface area contributed by atoms with Gasteiger partial charge in [0.15, 0.2) is 11.5 Å². The van der Waals surface area contributed by atoms with Crippen molar-refractivity contribution in [1.82, 2.24) is 0 Å². The largest absolute Gasteiger partial charge is 0.493 e. The van der Waals surface area contributed by atoms with Crippen LogP contribution in [-0.2, 0) is 22.7 Å². The first-order valence-electron chi connectivity index (χ1n) is 11.0. The van der Waals surface area contributed by atoms with E-state index in [0.29, 0.717) is 40.4 Å². The van der Waals surface area contributed by atoms with E-state index < -0.39 is 4.92 Å². The molecule has 0 saturated carbocycles. The van der Waals surface area contributed by atoms with E-state index in [1.807, 2.05) is 23.1 Å². The van der Waals surface area contributed by atoms with Crippen LogP contribution in [-0.4, -0.2) is 30.5 Å². The fourth-order valence-electron chi connectivity index (χ4n) is 4.65. The first kappa shape index (κ1) is 23.4. The van der Waals surface area contributed by atoms with Crippen LogP contribution in [0, 0.1) is 10.1 Å². The molecule has 35 heavy (non-hydrogen) atoms. The van der Waals surface area contributed by atoms with Crippen molar-refractivity contribution in [2.45, 2.75) is 25.7 Å². The summed E-state index contributed by atoms with van der Waals surface area (Å²) in [5, 5.41) is 14.7. The van der Waals surface area contributed by atoms with E-state index in [1.165, 1.54) is 19.2 Å². The Morgan fingerprint density at radius 3 is 2.63 bits per heavy atom. The molecule has 5 rings (SSSR count). The van der Waals surface area contributed by atoms with Crippen LogP contribution in [0.5, 0.6) is 11.5 Å². The summed E-state index contributed by atoms with van der Waals surface area (Å²) in [4.78, 5) is 26.3. The normalized spacial score (nSPS) is 16.0. The second-order valence-corrected chi connectivity index (χ2v) is 9.02. The summed E-state index contributed by atoms with van der Waals surface area (Å²) in [5.41, 5.74) is 4.54. The number of nitrogens with one attached hydrogen (secondary N) is 1. The zero-order chi connectivity index (χ0) is 24.5. The van der Waals surface area contributed by atoms with E-state index in [4.69, 9.17) is 12.5 Å². The molecule has 1 amide bonds. The molecule has 0 aliphatic carbocycles. The van der Waals surface area contributed by atoms with Gasteiger partial charge in [0.05, 0.1) is 35.9 Å². The number of hydrogen-bond donors (Lipinski definition) is 1. The number of carbonyl (C=O) groups excluding carboxylic acids is 1. The second kappa shape index (κ2) is 9.70. The Kier molecular flexibility index (Phi) is 6.48. The van der Waals surface area contributed by atoms with Gasteiger partial charge in [0.2, 0.25) is 0 Å². The highest BCUT2D eigenvalue weighted by Gasteiger charge is 2.37. The zero-order valence-corrected chi connectivity index (χ0v) is 21.0. The van der Waals surface area contributed by atoms with Crippen LogP contribution < -0.4 is 19.7 Å². The molecule has 1 N–H and O–H groups in total. The van der Waals surface area contributed by atoms with Gasteiger partial charge >= 0.3 is 0 Å². The summed E-state index contributed by atoms with van der Waals surface area (Å²) in [6, 6.07) is 16.2. The SMILES string of the molecule is COc1cc2c(cc1OCc1cc(COI)cc([N+](=O)[O-])c1)NC[C@@H]1Cc3ccccc3N1C2=O. The maximum Gasteiger partial charge on any atom is 0.270 e. The molecule has 0 bridgehead atoms. The molecule has 3 aromatic rings. The van der Waals surface area contributed by atoms with Gasteiger partial charge in [-0.3, -0.25) is 14.9 Å². The highest BCUT2D eigenvalue weighted by molar-refractivity contribution is 14.1. The van der Waals surface area contributed by atoms with Gasteiger partial charge in [-0.25, -0.2) is 0 Å². The summed E-state index contributed by atoms with van der Waals surface area (Å²) < 4.78 is 16.7. The molecule has 1 atom stereocenters. The Labute approximate surface area is 215 Å². The molecule has 9 nitrogen and oxygen atoms in total. The van der Waals surface area contributed by atoms with Crippen molar-refractivity contribution in [3.8, 4) is 11.5 Å².